The Kier molecular flexibility index (Phi) is 4.71. The predicted molar refractivity (Wildman–Crippen MR) is 82.1 cm³/mol. The van der Waals surface area contributed by atoms with Crippen molar-refractivity contribution >= 4 is 32.8 Å². The molecule has 6 nitrogen and oxygen atoms in total. The number of carbonyl (C=O) groups excluding carboxylic acids is 1. The first-order valence-corrected chi connectivity index (χ1v) is 8.60. The van der Waals surface area contributed by atoms with Crippen molar-refractivity contribution in [3.63, 3.8) is 0 Å². The van der Waals surface area contributed by atoms with Crippen LogP contribution in [-0.4, -0.2) is 25.7 Å². The van der Waals surface area contributed by atoms with E-state index in [1.807, 2.05) is 5.38 Å². The SMILES string of the molecule is CC(=O)c1ccc(NCCc2nccs2)c(S(N)(=O)=O)c1. The number of Topliss-reactive ketones (excluding diaryl/α,β-unsaturated/α-hetero) is 1. The van der Waals surface area contributed by atoms with Crippen LogP contribution in [0, 0.1) is 0 Å². The number of nitrogens with two attached hydrogens (primary N) is 1. The number of anilines is 1. The maximum absolute atomic E-state index is 11.6. The van der Waals surface area contributed by atoms with Gasteiger partial charge in [0.2, 0.25) is 10.0 Å². The molecule has 0 saturated carbocycles. The van der Waals surface area contributed by atoms with Gasteiger partial charge in [-0.05, 0) is 25.1 Å². The summed E-state index contributed by atoms with van der Waals surface area (Å²) < 4.78 is 23.3. The van der Waals surface area contributed by atoms with Crippen LogP contribution in [0.25, 0.3) is 0 Å². The van der Waals surface area contributed by atoms with Crippen molar-refractivity contribution in [3.05, 3.63) is 40.3 Å². The van der Waals surface area contributed by atoms with Crippen LogP contribution in [0.2, 0.25) is 0 Å². The Labute approximate surface area is 127 Å². The van der Waals surface area contributed by atoms with Gasteiger partial charge in [0.25, 0.3) is 0 Å². The third kappa shape index (κ3) is 4.10. The van der Waals surface area contributed by atoms with E-state index in [0.717, 1.165) is 5.01 Å². The Morgan fingerprint density at radius 3 is 2.76 bits per heavy atom. The first-order chi connectivity index (χ1) is 9.88. The number of benzene rings is 1. The standard InChI is InChI=1S/C13H15N3O3S2/c1-9(17)10-2-3-11(12(8-10)21(14,18)19)15-5-4-13-16-6-7-20-13/h2-3,6-8,15H,4-5H2,1H3,(H2,14,18,19). The van der Waals surface area contributed by atoms with Gasteiger partial charge in [0.05, 0.1) is 10.7 Å². The Morgan fingerprint density at radius 1 is 1.43 bits per heavy atom. The van der Waals surface area contributed by atoms with Gasteiger partial charge in [-0.1, -0.05) is 0 Å². The number of hydrogen-bond acceptors (Lipinski definition) is 6. The van der Waals surface area contributed by atoms with E-state index >= 15 is 0 Å². The number of aromatic nitrogens is 1. The maximum Gasteiger partial charge on any atom is 0.240 e. The van der Waals surface area contributed by atoms with E-state index in [4.69, 9.17) is 5.14 Å². The molecule has 112 valence electrons. The molecule has 0 amide bonds. The molecule has 2 aromatic rings. The van der Waals surface area contributed by atoms with Crippen LogP contribution < -0.4 is 10.5 Å². The lowest BCUT2D eigenvalue weighted by atomic mass is 10.1. The van der Waals surface area contributed by atoms with E-state index in [2.05, 4.69) is 10.3 Å². The molecule has 0 aliphatic heterocycles. The highest BCUT2D eigenvalue weighted by atomic mass is 32.2. The zero-order valence-corrected chi connectivity index (χ0v) is 13.0. The van der Waals surface area contributed by atoms with Gasteiger partial charge in [-0.2, -0.15) is 0 Å². The van der Waals surface area contributed by atoms with Gasteiger partial charge in [0.15, 0.2) is 5.78 Å². The second-order valence-electron chi connectivity index (χ2n) is 4.41. The summed E-state index contributed by atoms with van der Waals surface area (Å²) in [5, 5.41) is 11.1. The number of ketones is 1. The Balaban J connectivity index is 2.20. The van der Waals surface area contributed by atoms with E-state index in [9.17, 15) is 13.2 Å². The average Bonchev–Trinajstić information content (AvgIpc) is 2.90. The van der Waals surface area contributed by atoms with Crippen molar-refractivity contribution in [1.29, 1.82) is 0 Å². The summed E-state index contributed by atoms with van der Waals surface area (Å²) in [6, 6.07) is 4.42. The molecule has 1 aromatic carbocycles. The molecule has 0 radical (unpaired) electrons. The molecule has 1 heterocycles. The highest BCUT2D eigenvalue weighted by Gasteiger charge is 2.16. The van der Waals surface area contributed by atoms with Crippen LogP contribution in [-0.2, 0) is 16.4 Å². The van der Waals surface area contributed by atoms with Crippen molar-refractivity contribution in [2.24, 2.45) is 5.14 Å². The molecule has 3 N–H and O–H groups in total. The monoisotopic (exact) mass is 325 g/mol. The van der Waals surface area contributed by atoms with Gasteiger partial charge >= 0.3 is 0 Å². The van der Waals surface area contributed by atoms with Crippen LogP contribution >= 0.6 is 11.3 Å². The number of nitrogens with zero attached hydrogens (tertiary/aromatic N) is 1. The zero-order valence-electron chi connectivity index (χ0n) is 11.4. The fourth-order valence-electron chi connectivity index (χ4n) is 1.80. The molecule has 21 heavy (non-hydrogen) atoms. The highest BCUT2D eigenvalue weighted by Crippen LogP contribution is 2.22. The molecule has 1 aromatic heterocycles. The number of carbonyl (C=O) groups is 1. The van der Waals surface area contributed by atoms with Crippen molar-refractivity contribution in [3.8, 4) is 0 Å². The predicted octanol–water partition coefficient (Wildman–Crippen LogP) is 1.65. The van der Waals surface area contributed by atoms with Crippen LogP contribution in [0.1, 0.15) is 22.3 Å². The van der Waals surface area contributed by atoms with Crippen molar-refractivity contribution in [1.82, 2.24) is 4.98 Å². The van der Waals surface area contributed by atoms with Gasteiger partial charge < -0.3 is 5.32 Å². The van der Waals surface area contributed by atoms with E-state index in [-0.39, 0.29) is 10.7 Å². The Bertz CT molecular complexity index is 740. The lowest BCUT2D eigenvalue weighted by Gasteiger charge is -2.11. The van der Waals surface area contributed by atoms with E-state index < -0.39 is 10.0 Å². The quantitative estimate of drug-likeness (QED) is 0.786. The van der Waals surface area contributed by atoms with Crippen LogP contribution in [0.5, 0.6) is 0 Å². The fraction of sp³-hybridized carbons (Fsp3) is 0.231. The van der Waals surface area contributed by atoms with E-state index in [1.54, 1.807) is 18.3 Å². The van der Waals surface area contributed by atoms with Gasteiger partial charge in [-0.25, -0.2) is 18.5 Å². The van der Waals surface area contributed by atoms with Crippen molar-refractivity contribution in [2.75, 3.05) is 11.9 Å². The van der Waals surface area contributed by atoms with Crippen LogP contribution in [0.3, 0.4) is 0 Å². The van der Waals surface area contributed by atoms with E-state index in [1.165, 1.54) is 24.3 Å². The summed E-state index contributed by atoms with van der Waals surface area (Å²) in [7, 11) is -3.90. The average molecular weight is 325 g/mol. The third-order valence-electron chi connectivity index (χ3n) is 2.83. The molecule has 2 rings (SSSR count). The molecule has 0 unspecified atom stereocenters. The number of rotatable bonds is 6. The summed E-state index contributed by atoms with van der Waals surface area (Å²) in [6.07, 6.45) is 2.40. The van der Waals surface area contributed by atoms with Gasteiger partial charge in [0, 0.05) is 30.1 Å². The third-order valence-corrected chi connectivity index (χ3v) is 4.62. The molecular weight excluding hydrogens is 310 g/mol. The van der Waals surface area contributed by atoms with Crippen molar-refractivity contribution in [2.45, 2.75) is 18.2 Å². The second-order valence-corrected chi connectivity index (χ2v) is 6.92. The minimum absolute atomic E-state index is 0.0747. The smallest absolute Gasteiger partial charge is 0.240 e. The van der Waals surface area contributed by atoms with Crippen LogP contribution in [0.4, 0.5) is 5.69 Å². The molecular formula is C13H15N3O3S2. The molecule has 0 aliphatic carbocycles. The number of hydrogen-bond donors (Lipinski definition) is 2. The zero-order chi connectivity index (χ0) is 15.5. The van der Waals surface area contributed by atoms with Crippen molar-refractivity contribution < 1.29 is 13.2 Å². The first-order valence-electron chi connectivity index (χ1n) is 6.18. The molecule has 0 fully saturated rings. The lowest BCUT2D eigenvalue weighted by Crippen LogP contribution is -2.16. The molecule has 0 atom stereocenters. The second kappa shape index (κ2) is 6.33. The molecule has 0 saturated heterocycles. The minimum atomic E-state index is -3.90. The van der Waals surface area contributed by atoms with Gasteiger partial charge in [-0.3, -0.25) is 4.79 Å². The first kappa shape index (κ1) is 15.6. The minimum Gasteiger partial charge on any atom is -0.384 e. The van der Waals surface area contributed by atoms with Crippen LogP contribution in [0.15, 0.2) is 34.7 Å². The summed E-state index contributed by atoms with van der Waals surface area (Å²) in [5.74, 6) is -0.214. The number of nitrogens with one attached hydrogen (secondary N) is 1. The molecule has 0 spiro atoms. The summed E-state index contributed by atoms with van der Waals surface area (Å²) in [4.78, 5) is 15.4. The topological polar surface area (TPSA) is 102 Å². The molecule has 0 aliphatic rings. The summed E-state index contributed by atoms with van der Waals surface area (Å²) >= 11 is 1.54. The van der Waals surface area contributed by atoms with Gasteiger partial charge in [-0.15, -0.1) is 11.3 Å². The number of primary sulfonamides is 1. The van der Waals surface area contributed by atoms with Gasteiger partial charge in [0.1, 0.15) is 4.90 Å². The number of sulfonamides is 1. The highest BCUT2D eigenvalue weighted by molar-refractivity contribution is 7.89. The Morgan fingerprint density at radius 2 is 2.19 bits per heavy atom. The fourth-order valence-corrected chi connectivity index (χ4v) is 3.16. The molecule has 8 heteroatoms. The summed E-state index contributed by atoms with van der Waals surface area (Å²) in [6.45, 7) is 1.90. The largest absolute Gasteiger partial charge is 0.384 e. The summed E-state index contributed by atoms with van der Waals surface area (Å²) in [5.41, 5.74) is 0.698. The Hall–Kier alpha value is -1.77. The normalized spacial score (nSPS) is 11.3. The molecule has 0 bridgehead atoms. The lowest BCUT2D eigenvalue weighted by molar-refractivity contribution is 0.101. The maximum atomic E-state index is 11.6. The van der Waals surface area contributed by atoms with E-state index in [0.29, 0.717) is 24.2 Å². The number of thiazole rings is 1.